The Balaban J connectivity index is 1.73. The molecule has 4 N–H and O–H groups in total. The summed E-state index contributed by atoms with van der Waals surface area (Å²) in [5, 5.41) is 10.5. The highest BCUT2D eigenvalue weighted by Gasteiger charge is 2.34. The van der Waals surface area contributed by atoms with Gasteiger partial charge in [0.25, 0.3) is 0 Å². The van der Waals surface area contributed by atoms with Gasteiger partial charge in [0.2, 0.25) is 11.8 Å². The Morgan fingerprint density at radius 1 is 1.05 bits per heavy atom. The van der Waals surface area contributed by atoms with E-state index in [0.717, 1.165) is 18.4 Å². The summed E-state index contributed by atoms with van der Waals surface area (Å²) < 4.78 is 5.33. The van der Waals surface area contributed by atoms with E-state index in [9.17, 15) is 14.4 Å². The van der Waals surface area contributed by atoms with Crippen LogP contribution in [0.3, 0.4) is 0 Å². The Morgan fingerprint density at radius 3 is 2.46 bits per heavy atom. The van der Waals surface area contributed by atoms with E-state index in [1.165, 1.54) is 0 Å². The molecule has 0 aliphatic heterocycles. The number of aromatic amines is 1. The minimum atomic E-state index is -1.02. The second kappa shape index (κ2) is 13.1. The second-order valence-corrected chi connectivity index (χ2v) is 10.9. The standard InChI is InChI=1S/C30H37ClN4O4/c1-4-39-30(38)27-25(22-13-12-21(31)15-23(22)34-27)26(29(37)33-16-19-8-6-5-7-9-19)35-24(14-18(2)3)28(36)32-17-20-10-11-20/h5-9,12-13,15,18,20,24,26,34-35H,4,10-11,14,16-17H2,1-3H3,(H,32,36)(H,33,37)/t24-,26?/m1/s1. The number of halogens is 1. The highest BCUT2D eigenvalue weighted by atomic mass is 35.5. The zero-order chi connectivity index (χ0) is 27.9. The lowest BCUT2D eigenvalue weighted by Gasteiger charge is -2.26. The van der Waals surface area contributed by atoms with Gasteiger partial charge in [0.1, 0.15) is 11.7 Å². The van der Waals surface area contributed by atoms with E-state index in [-0.39, 0.29) is 30.0 Å². The number of ether oxygens (including phenoxy) is 1. The third kappa shape index (κ3) is 7.61. The van der Waals surface area contributed by atoms with E-state index in [1.54, 1.807) is 25.1 Å². The van der Waals surface area contributed by atoms with Crippen molar-refractivity contribution >= 4 is 40.3 Å². The van der Waals surface area contributed by atoms with Gasteiger partial charge < -0.3 is 20.4 Å². The summed E-state index contributed by atoms with van der Waals surface area (Å²) in [6.07, 6.45) is 2.75. The molecule has 1 aliphatic carbocycles. The summed E-state index contributed by atoms with van der Waals surface area (Å²) in [7, 11) is 0. The number of rotatable bonds is 13. The lowest BCUT2D eigenvalue weighted by Crippen LogP contribution is -2.50. The molecule has 1 fully saturated rings. The molecule has 1 aromatic heterocycles. The Labute approximate surface area is 234 Å². The molecule has 2 atom stereocenters. The number of benzene rings is 2. The molecule has 1 aliphatic rings. The molecule has 1 unspecified atom stereocenters. The van der Waals surface area contributed by atoms with Crippen LogP contribution in [0.2, 0.25) is 5.02 Å². The number of hydrogen-bond donors (Lipinski definition) is 4. The van der Waals surface area contributed by atoms with E-state index in [2.05, 4.69) is 20.9 Å². The van der Waals surface area contributed by atoms with E-state index in [0.29, 0.717) is 46.9 Å². The van der Waals surface area contributed by atoms with Gasteiger partial charge in [0.15, 0.2) is 0 Å². The van der Waals surface area contributed by atoms with Crippen LogP contribution in [0.4, 0.5) is 0 Å². The van der Waals surface area contributed by atoms with Crippen molar-refractivity contribution in [2.24, 2.45) is 11.8 Å². The van der Waals surface area contributed by atoms with Gasteiger partial charge in [0, 0.05) is 34.6 Å². The molecule has 0 bridgehead atoms. The Kier molecular flexibility index (Phi) is 9.64. The number of esters is 1. The topological polar surface area (TPSA) is 112 Å². The monoisotopic (exact) mass is 552 g/mol. The highest BCUT2D eigenvalue weighted by molar-refractivity contribution is 6.31. The van der Waals surface area contributed by atoms with Crippen molar-refractivity contribution in [3.63, 3.8) is 0 Å². The molecule has 208 valence electrons. The lowest BCUT2D eigenvalue weighted by atomic mass is 9.97. The van der Waals surface area contributed by atoms with Crippen LogP contribution in [0.25, 0.3) is 10.9 Å². The molecule has 2 amide bonds. The van der Waals surface area contributed by atoms with Crippen LogP contribution in [0.1, 0.15) is 67.7 Å². The van der Waals surface area contributed by atoms with Gasteiger partial charge in [-0.1, -0.05) is 61.8 Å². The van der Waals surface area contributed by atoms with Crippen molar-refractivity contribution in [2.45, 2.75) is 58.7 Å². The molecule has 0 spiro atoms. The van der Waals surface area contributed by atoms with Crippen molar-refractivity contribution in [1.29, 1.82) is 0 Å². The molecule has 0 radical (unpaired) electrons. The number of nitrogens with one attached hydrogen (secondary N) is 4. The smallest absolute Gasteiger partial charge is 0.355 e. The largest absolute Gasteiger partial charge is 0.461 e. The normalized spacial score (nSPS) is 14.7. The zero-order valence-corrected chi connectivity index (χ0v) is 23.4. The maximum absolute atomic E-state index is 13.9. The van der Waals surface area contributed by atoms with Gasteiger partial charge in [-0.05, 0) is 55.7 Å². The molecule has 1 heterocycles. The number of aromatic nitrogens is 1. The second-order valence-electron chi connectivity index (χ2n) is 10.5. The summed E-state index contributed by atoms with van der Waals surface area (Å²) in [6.45, 7) is 6.88. The van der Waals surface area contributed by atoms with Gasteiger partial charge in [-0.3, -0.25) is 14.9 Å². The van der Waals surface area contributed by atoms with Gasteiger partial charge in [-0.2, -0.15) is 0 Å². The maximum Gasteiger partial charge on any atom is 0.355 e. The summed E-state index contributed by atoms with van der Waals surface area (Å²) >= 11 is 6.25. The van der Waals surface area contributed by atoms with Crippen molar-refractivity contribution in [2.75, 3.05) is 13.2 Å². The summed E-state index contributed by atoms with van der Waals surface area (Å²) in [6, 6.07) is 13.1. The van der Waals surface area contributed by atoms with Crippen LogP contribution in [0, 0.1) is 11.8 Å². The number of hydrogen-bond acceptors (Lipinski definition) is 5. The third-order valence-electron chi connectivity index (χ3n) is 6.79. The number of carbonyl (C=O) groups excluding carboxylic acids is 3. The average Bonchev–Trinajstić information content (AvgIpc) is 3.67. The van der Waals surface area contributed by atoms with Crippen LogP contribution in [-0.2, 0) is 20.9 Å². The first-order valence-corrected chi connectivity index (χ1v) is 14.0. The maximum atomic E-state index is 13.9. The SMILES string of the molecule is CCOC(=O)c1[nH]c2cc(Cl)ccc2c1C(N[C@H](CC(C)C)C(=O)NCC1CC1)C(=O)NCc1ccccc1. The third-order valence-corrected chi connectivity index (χ3v) is 7.03. The molecule has 3 aromatic rings. The zero-order valence-electron chi connectivity index (χ0n) is 22.7. The van der Waals surface area contributed by atoms with Crippen molar-refractivity contribution in [3.05, 3.63) is 70.4 Å². The first-order valence-electron chi connectivity index (χ1n) is 13.6. The first kappa shape index (κ1) is 28.6. The van der Waals surface area contributed by atoms with Crippen LogP contribution in [0.5, 0.6) is 0 Å². The van der Waals surface area contributed by atoms with E-state index >= 15 is 0 Å². The highest BCUT2D eigenvalue weighted by Crippen LogP contribution is 2.32. The van der Waals surface area contributed by atoms with Crippen LogP contribution in [0.15, 0.2) is 48.5 Å². The molecule has 0 saturated heterocycles. The van der Waals surface area contributed by atoms with E-state index in [4.69, 9.17) is 16.3 Å². The van der Waals surface area contributed by atoms with E-state index in [1.807, 2.05) is 44.2 Å². The average molecular weight is 553 g/mol. The quantitative estimate of drug-likeness (QED) is 0.226. The van der Waals surface area contributed by atoms with E-state index < -0.39 is 18.1 Å². The summed E-state index contributed by atoms with van der Waals surface area (Å²) in [4.78, 5) is 43.4. The van der Waals surface area contributed by atoms with Crippen molar-refractivity contribution < 1.29 is 19.1 Å². The lowest BCUT2D eigenvalue weighted by molar-refractivity contribution is -0.126. The number of H-pyrrole nitrogens is 1. The Morgan fingerprint density at radius 2 is 1.79 bits per heavy atom. The Hall–Kier alpha value is -3.36. The summed E-state index contributed by atoms with van der Waals surface area (Å²) in [5.74, 6) is -0.386. The molecule has 2 aromatic carbocycles. The molecule has 4 rings (SSSR count). The van der Waals surface area contributed by atoms with Crippen molar-refractivity contribution in [3.8, 4) is 0 Å². The van der Waals surface area contributed by atoms with Gasteiger partial charge in [-0.25, -0.2) is 4.79 Å². The molecular formula is C30H37ClN4O4. The fraction of sp³-hybridized carbons (Fsp3) is 0.433. The van der Waals surface area contributed by atoms with Gasteiger partial charge >= 0.3 is 5.97 Å². The van der Waals surface area contributed by atoms with Gasteiger partial charge in [0.05, 0.1) is 12.6 Å². The molecular weight excluding hydrogens is 516 g/mol. The minimum Gasteiger partial charge on any atom is -0.461 e. The Bertz CT molecular complexity index is 1300. The fourth-order valence-corrected chi connectivity index (χ4v) is 4.82. The van der Waals surface area contributed by atoms with Crippen molar-refractivity contribution in [1.82, 2.24) is 20.9 Å². The van der Waals surface area contributed by atoms with Gasteiger partial charge in [-0.15, -0.1) is 0 Å². The van der Waals surface area contributed by atoms with Crippen LogP contribution < -0.4 is 16.0 Å². The molecule has 8 nitrogen and oxygen atoms in total. The van der Waals surface area contributed by atoms with Crippen LogP contribution >= 0.6 is 11.6 Å². The molecule has 39 heavy (non-hydrogen) atoms. The number of carbonyl (C=O) groups is 3. The first-order chi connectivity index (χ1) is 18.8. The number of amides is 2. The van der Waals surface area contributed by atoms with Crippen LogP contribution in [-0.4, -0.2) is 42.0 Å². The minimum absolute atomic E-state index is 0.156. The molecule has 9 heteroatoms. The predicted octanol–water partition coefficient (Wildman–Crippen LogP) is 4.89. The predicted molar refractivity (Wildman–Crippen MR) is 152 cm³/mol. The number of fused-ring (bicyclic) bond motifs is 1. The molecule has 1 saturated carbocycles. The summed E-state index contributed by atoms with van der Waals surface area (Å²) in [5.41, 5.74) is 2.11. The fourth-order valence-electron chi connectivity index (χ4n) is 4.65.